The standard InChI is InChI=1S/C17H21ClN4O2/c1-20-9-10-21(16(23)14-3-5-15(18)6-4-14)12-17(24,11-20)13-22-8-2-7-19-22/h2-8,24H,9-13H2,1H3/t17-/m0/s1. The van der Waals surface area contributed by atoms with Crippen molar-refractivity contribution in [3.63, 3.8) is 0 Å². The van der Waals surface area contributed by atoms with Gasteiger partial charge in [0.05, 0.1) is 13.1 Å². The molecule has 0 bridgehead atoms. The minimum Gasteiger partial charge on any atom is -0.385 e. The number of nitrogens with zero attached hydrogens (tertiary/aromatic N) is 4. The van der Waals surface area contributed by atoms with Crippen LogP contribution in [-0.2, 0) is 6.54 Å². The molecule has 1 aromatic carbocycles. The van der Waals surface area contributed by atoms with Crippen molar-refractivity contribution in [2.75, 3.05) is 33.2 Å². The molecule has 1 amide bonds. The lowest BCUT2D eigenvalue weighted by Crippen LogP contribution is -2.50. The molecule has 1 N–H and O–H groups in total. The fraction of sp³-hybridized carbons (Fsp3) is 0.412. The van der Waals surface area contributed by atoms with Gasteiger partial charge in [0.2, 0.25) is 0 Å². The molecule has 1 aliphatic rings. The van der Waals surface area contributed by atoms with Crippen LogP contribution in [0.15, 0.2) is 42.7 Å². The number of rotatable bonds is 3. The van der Waals surface area contributed by atoms with Crippen molar-refractivity contribution in [1.82, 2.24) is 19.6 Å². The molecule has 2 aromatic rings. The van der Waals surface area contributed by atoms with Gasteiger partial charge in [0.15, 0.2) is 0 Å². The van der Waals surface area contributed by atoms with Gasteiger partial charge in [0.1, 0.15) is 5.60 Å². The number of carbonyl (C=O) groups is 1. The second-order valence-corrected chi connectivity index (χ2v) is 6.84. The summed E-state index contributed by atoms with van der Waals surface area (Å²) in [5.41, 5.74) is -0.482. The van der Waals surface area contributed by atoms with E-state index in [1.54, 1.807) is 40.0 Å². The molecule has 1 saturated heterocycles. The number of aliphatic hydroxyl groups is 1. The molecular weight excluding hydrogens is 328 g/mol. The fourth-order valence-electron chi connectivity index (χ4n) is 3.10. The minimum atomic E-state index is -1.06. The second kappa shape index (κ2) is 6.93. The van der Waals surface area contributed by atoms with Gasteiger partial charge in [0, 0.05) is 42.6 Å². The maximum Gasteiger partial charge on any atom is 0.253 e. The van der Waals surface area contributed by atoms with Gasteiger partial charge >= 0.3 is 0 Å². The van der Waals surface area contributed by atoms with Gasteiger partial charge in [0.25, 0.3) is 5.91 Å². The number of hydrogen-bond acceptors (Lipinski definition) is 4. The Morgan fingerprint density at radius 1 is 1.29 bits per heavy atom. The van der Waals surface area contributed by atoms with Crippen LogP contribution in [0.25, 0.3) is 0 Å². The molecule has 1 aliphatic heterocycles. The molecule has 6 nitrogen and oxygen atoms in total. The fourth-order valence-corrected chi connectivity index (χ4v) is 3.23. The number of halogens is 1. The molecule has 0 unspecified atom stereocenters. The molecule has 7 heteroatoms. The summed E-state index contributed by atoms with van der Waals surface area (Å²) in [4.78, 5) is 16.5. The van der Waals surface area contributed by atoms with Crippen LogP contribution in [0.5, 0.6) is 0 Å². The van der Waals surface area contributed by atoms with Crippen LogP contribution in [0, 0.1) is 0 Å². The summed E-state index contributed by atoms with van der Waals surface area (Å²) in [6, 6.07) is 8.65. The molecule has 0 radical (unpaired) electrons. The highest BCUT2D eigenvalue weighted by Gasteiger charge is 2.36. The summed E-state index contributed by atoms with van der Waals surface area (Å²) in [6.07, 6.45) is 3.49. The molecule has 24 heavy (non-hydrogen) atoms. The van der Waals surface area contributed by atoms with Gasteiger partial charge in [-0.05, 0) is 37.4 Å². The summed E-state index contributed by atoms with van der Waals surface area (Å²) in [7, 11) is 1.95. The van der Waals surface area contributed by atoms with E-state index < -0.39 is 5.60 Å². The Balaban J connectivity index is 1.80. The minimum absolute atomic E-state index is 0.0964. The van der Waals surface area contributed by atoms with Crippen molar-refractivity contribution in [2.45, 2.75) is 12.1 Å². The van der Waals surface area contributed by atoms with E-state index in [1.807, 2.05) is 24.2 Å². The summed E-state index contributed by atoms with van der Waals surface area (Å²) >= 11 is 5.89. The highest BCUT2D eigenvalue weighted by atomic mass is 35.5. The monoisotopic (exact) mass is 348 g/mol. The molecule has 0 aliphatic carbocycles. The SMILES string of the molecule is CN1CCN(C(=O)c2ccc(Cl)cc2)C[C@](O)(Cn2cccn2)C1. The molecule has 1 fully saturated rings. The number of aromatic nitrogens is 2. The number of β-amino-alcohol motifs (C(OH)–C–C–N with tert-alkyl or cyclic N) is 1. The Labute approximate surface area is 146 Å². The van der Waals surface area contributed by atoms with E-state index in [4.69, 9.17) is 11.6 Å². The van der Waals surface area contributed by atoms with Crippen molar-refractivity contribution >= 4 is 17.5 Å². The lowest BCUT2D eigenvalue weighted by molar-refractivity contribution is -0.0137. The van der Waals surface area contributed by atoms with Crippen LogP contribution in [-0.4, -0.2) is 69.4 Å². The first kappa shape index (κ1) is 17.0. The Hall–Kier alpha value is -1.89. The normalized spacial score (nSPS) is 22.4. The van der Waals surface area contributed by atoms with Crippen molar-refractivity contribution in [2.24, 2.45) is 0 Å². The van der Waals surface area contributed by atoms with Gasteiger partial charge < -0.3 is 14.9 Å². The maximum atomic E-state index is 12.8. The van der Waals surface area contributed by atoms with E-state index in [9.17, 15) is 9.90 Å². The van der Waals surface area contributed by atoms with E-state index >= 15 is 0 Å². The van der Waals surface area contributed by atoms with Crippen LogP contribution in [0.1, 0.15) is 10.4 Å². The summed E-state index contributed by atoms with van der Waals surface area (Å²) in [5, 5.41) is 15.9. The van der Waals surface area contributed by atoms with E-state index in [0.717, 1.165) is 0 Å². The first-order valence-corrected chi connectivity index (χ1v) is 8.26. The van der Waals surface area contributed by atoms with Gasteiger partial charge in [-0.3, -0.25) is 9.48 Å². The maximum absolute atomic E-state index is 12.8. The summed E-state index contributed by atoms with van der Waals surface area (Å²) < 4.78 is 1.70. The zero-order valence-electron chi connectivity index (χ0n) is 13.6. The summed E-state index contributed by atoms with van der Waals surface area (Å²) in [6.45, 7) is 2.37. The third kappa shape index (κ3) is 3.95. The zero-order valence-corrected chi connectivity index (χ0v) is 14.4. The van der Waals surface area contributed by atoms with Crippen LogP contribution >= 0.6 is 11.6 Å². The Morgan fingerprint density at radius 2 is 2.04 bits per heavy atom. The van der Waals surface area contributed by atoms with Crippen LogP contribution in [0.4, 0.5) is 0 Å². The van der Waals surface area contributed by atoms with Gasteiger partial charge in [-0.1, -0.05) is 11.6 Å². The predicted molar refractivity (Wildman–Crippen MR) is 92.0 cm³/mol. The van der Waals surface area contributed by atoms with Crippen molar-refractivity contribution in [3.05, 3.63) is 53.3 Å². The third-order valence-electron chi connectivity index (χ3n) is 4.19. The summed E-state index contributed by atoms with van der Waals surface area (Å²) in [5.74, 6) is -0.0964. The molecule has 128 valence electrons. The van der Waals surface area contributed by atoms with Gasteiger partial charge in [-0.25, -0.2) is 0 Å². The highest BCUT2D eigenvalue weighted by Crippen LogP contribution is 2.19. The third-order valence-corrected chi connectivity index (χ3v) is 4.45. The Morgan fingerprint density at radius 3 is 2.71 bits per heavy atom. The molecule has 2 heterocycles. The number of amides is 1. The molecule has 0 spiro atoms. The molecule has 3 rings (SSSR count). The van der Waals surface area contributed by atoms with E-state index in [-0.39, 0.29) is 12.5 Å². The predicted octanol–water partition coefficient (Wildman–Crippen LogP) is 1.36. The Kier molecular flexibility index (Phi) is 4.89. The number of benzene rings is 1. The number of likely N-dealkylation sites (N-methyl/N-ethyl adjacent to an activating group) is 1. The Bertz CT molecular complexity index is 689. The molecule has 0 saturated carbocycles. The first-order chi connectivity index (χ1) is 11.5. The molecule has 1 aromatic heterocycles. The average Bonchev–Trinajstić information content (AvgIpc) is 2.98. The van der Waals surface area contributed by atoms with Crippen LogP contribution < -0.4 is 0 Å². The highest BCUT2D eigenvalue weighted by molar-refractivity contribution is 6.30. The van der Waals surface area contributed by atoms with E-state index in [2.05, 4.69) is 5.10 Å². The quantitative estimate of drug-likeness (QED) is 0.909. The smallest absolute Gasteiger partial charge is 0.253 e. The van der Waals surface area contributed by atoms with Crippen LogP contribution in [0.3, 0.4) is 0 Å². The largest absolute Gasteiger partial charge is 0.385 e. The van der Waals surface area contributed by atoms with E-state index in [1.165, 1.54) is 0 Å². The van der Waals surface area contributed by atoms with Gasteiger partial charge in [-0.2, -0.15) is 5.10 Å². The number of carbonyl (C=O) groups excluding carboxylic acids is 1. The zero-order chi connectivity index (χ0) is 17.2. The first-order valence-electron chi connectivity index (χ1n) is 7.88. The number of hydrogen-bond donors (Lipinski definition) is 1. The topological polar surface area (TPSA) is 61.6 Å². The van der Waals surface area contributed by atoms with Gasteiger partial charge in [-0.15, -0.1) is 0 Å². The van der Waals surface area contributed by atoms with Crippen molar-refractivity contribution < 1.29 is 9.90 Å². The lowest BCUT2D eigenvalue weighted by atomic mass is 10.0. The van der Waals surface area contributed by atoms with Crippen molar-refractivity contribution in [3.8, 4) is 0 Å². The molecule has 1 atom stereocenters. The lowest BCUT2D eigenvalue weighted by Gasteiger charge is -2.32. The van der Waals surface area contributed by atoms with Crippen LogP contribution in [0.2, 0.25) is 5.02 Å². The van der Waals surface area contributed by atoms with Crippen molar-refractivity contribution in [1.29, 1.82) is 0 Å². The van der Waals surface area contributed by atoms with E-state index in [0.29, 0.717) is 36.8 Å². The molecular formula is C17H21ClN4O2. The average molecular weight is 349 g/mol. The second-order valence-electron chi connectivity index (χ2n) is 6.40.